The molecular weight excluding hydrogens is 416 g/mol. The van der Waals surface area contributed by atoms with Crippen LogP contribution in [0, 0.1) is 18.8 Å². The molecule has 3 aromatic rings. The van der Waals surface area contributed by atoms with Crippen molar-refractivity contribution in [1.29, 1.82) is 0 Å². The molecule has 0 aliphatic carbocycles. The number of unbranched alkanes of at least 4 members (excludes halogenated alkanes) is 1. The number of aryl methyl sites for hydroxylation is 1. The van der Waals surface area contributed by atoms with Gasteiger partial charge in [0.05, 0.1) is 5.56 Å². The van der Waals surface area contributed by atoms with Gasteiger partial charge in [0.25, 0.3) is 0 Å². The highest BCUT2D eigenvalue weighted by Crippen LogP contribution is 2.33. The van der Waals surface area contributed by atoms with Crippen molar-refractivity contribution in [2.45, 2.75) is 46.1 Å². The van der Waals surface area contributed by atoms with Gasteiger partial charge in [0.2, 0.25) is 11.8 Å². The van der Waals surface area contributed by atoms with Crippen LogP contribution in [-0.2, 0) is 11.3 Å². The molecule has 0 saturated carbocycles. The van der Waals surface area contributed by atoms with Crippen LogP contribution < -0.4 is 15.4 Å². The summed E-state index contributed by atoms with van der Waals surface area (Å²) in [6, 6.07) is 7.36. The summed E-state index contributed by atoms with van der Waals surface area (Å²) in [5.74, 6) is 8.82. The molecule has 168 valence electrons. The van der Waals surface area contributed by atoms with Crippen LogP contribution in [0.3, 0.4) is 0 Å². The minimum absolute atomic E-state index is 0.0568. The number of anilines is 1. The van der Waals surface area contributed by atoms with E-state index >= 15 is 0 Å². The summed E-state index contributed by atoms with van der Waals surface area (Å²) < 4.78 is 6.22. The zero-order valence-electron chi connectivity index (χ0n) is 18.8. The maximum absolute atomic E-state index is 12.2. The van der Waals surface area contributed by atoms with Crippen molar-refractivity contribution in [3.8, 4) is 34.9 Å². The minimum Gasteiger partial charge on any atom is -0.438 e. The molecule has 1 aromatic carbocycles. The molecule has 1 aliphatic rings. The van der Waals surface area contributed by atoms with E-state index in [0.29, 0.717) is 54.2 Å². The number of rotatable bonds is 6. The third-order valence-corrected chi connectivity index (χ3v) is 5.14. The van der Waals surface area contributed by atoms with E-state index in [2.05, 4.69) is 38.7 Å². The Bertz CT molecular complexity index is 1210. The van der Waals surface area contributed by atoms with Crippen molar-refractivity contribution in [1.82, 2.24) is 19.9 Å². The SMILES string of the molecule is CCCC#Cc1ccc(-c2ncc(CN)cn2)c(Oc2cc(N3CCCC3=O)nc(C)n2)c1. The van der Waals surface area contributed by atoms with Crippen molar-refractivity contribution < 1.29 is 9.53 Å². The fraction of sp³-hybridized carbons (Fsp3) is 0.320. The molecule has 3 heterocycles. The lowest BCUT2D eigenvalue weighted by molar-refractivity contribution is -0.117. The molecule has 1 aliphatic heterocycles. The van der Waals surface area contributed by atoms with Crippen LogP contribution in [0.2, 0.25) is 0 Å². The summed E-state index contributed by atoms with van der Waals surface area (Å²) in [6.07, 6.45) is 6.56. The van der Waals surface area contributed by atoms with Crippen LogP contribution in [0.1, 0.15) is 49.6 Å². The lowest BCUT2D eigenvalue weighted by atomic mass is 10.1. The Balaban J connectivity index is 1.73. The first kappa shape index (κ1) is 22.4. The number of carbonyl (C=O) groups excluding carboxylic acids is 1. The van der Waals surface area contributed by atoms with E-state index in [1.54, 1.807) is 30.3 Å². The molecule has 4 rings (SSSR count). The molecule has 33 heavy (non-hydrogen) atoms. The Kier molecular flexibility index (Phi) is 6.91. The average Bonchev–Trinajstić information content (AvgIpc) is 3.25. The van der Waals surface area contributed by atoms with Crippen LogP contribution in [0.5, 0.6) is 11.6 Å². The van der Waals surface area contributed by atoms with Gasteiger partial charge in [0.1, 0.15) is 17.4 Å². The zero-order chi connectivity index (χ0) is 23.2. The Morgan fingerprint density at radius 3 is 2.70 bits per heavy atom. The van der Waals surface area contributed by atoms with Crippen molar-refractivity contribution >= 4 is 11.7 Å². The number of aromatic nitrogens is 4. The Labute approximate surface area is 193 Å². The second-order valence-electron chi connectivity index (χ2n) is 7.74. The Hall–Kier alpha value is -3.83. The molecule has 0 atom stereocenters. The fourth-order valence-corrected chi connectivity index (χ4v) is 3.48. The highest BCUT2D eigenvalue weighted by atomic mass is 16.5. The maximum atomic E-state index is 12.2. The minimum atomic E-state index is 0.0568. The number of nitrogens with zero attached hydrogens (tertiary/aromatic N) is 5. The lowest BCUT2D eigenvalue weighted by Crippen LogP contribution is -2.25. The fourth-order valence-electron chi connectivity index (χ4n) is 3.48. The van der Waals surface area contributed by atoms with E-state index in [1.807, 2.05) is 18.2 Å². The molecule has 8 heteroatoms. The van der Waals surface area contributed by atoms with Gasteiger partial charge in [-0.3, -0.25) is 9.69 Å². The van der Waals surface area contributed by atoms with Crippen LogP contribution in [0.15, 0.2) is 36.7 Å². The number of amides is 1. The number of hydrogen-bond donors (Lipinski definition) is 1. The average molecular weight is 443 g/mol. The largest absolute Gasteiger partial charge is 0.438 e. The number of hydrogen-bond acceptors (Lipinski definition) is 7. The lowest BCUT2D eigenvalue weighted by Gasteiger charge is -2.16. The summed E-state index contributed by atoms with van der Waals surface area (Å²) in [5, 5.41) is 0. The number of carbonyl (C=O) groups is 1. The van der Waals surface area contributed by atoms with E-state index in [4.69, 9.17) is 10.5 Å². The van der Waals surface area contributed by atoms with Crippen LogP contribution >= 0.6 is 0 Å². The number of ether oxygens (including phenoxy) is 1. The molecule has 0 spiro atoms. The number of nitrogens with two attached hydrogens (primary N) is 1. The van der Waals surface area contributed by atoms with Crippen molar-refractivity contribution in [2.24, 2.45) is 5.73 Å². The second-order valence-corrected chi connectivity index (χ2v) is 7.74. The first-order valence-corrected chi connectivity index (χ1v) is 11.1. The van der Waals surface area contributed by atoms with Crippen molar-refractivity contribution in [3.63, 3.8) is 0 Å². The van der Waals surface area contributed by atoms with E-state index in [9.17, 15) is 4.79 Å². The first-order chi connectivity index (χ1) is 16.1. The van der Waals surface area contributed by atoms with Gasteiger partial charge in [-0.25, -0.2) is 15.0 Å². The molecular formula is C25H26N6O2. The predicted molar refractivity (Wildman–Crippen MR) is 126 cm³/mol. The molecule has 0 unspecified atom stereocenters. The highest BCUT2D eigenvalue weighted by molar-refractivity contribution is 5.94. The quantitative estimate of drug-likeness (QED) is 0.579. The molecule has 0 radical (unpaired) electrons. The van der Waals surface area contributed by atoms with Crippen molar-refractivity contribution in [2.75, 3.05) is 11.4 Å². The topological polar surface area (TPSA) is 107 Å². The van der Waals surface area contributed by atoms with Crippen LogP contribution in [0.25, 0.3) is 11.4 Å². The molecule has 0 bridgehead atoms. The summed E-state index contributed by atoms with van der Waals surface area (Å²) in [5.41, 5.74) is 8.04. The molecule has 2 aromatic heterocycles. The Morgan fingerprint density at radius 2 is 2.00 bits per heavy atom. The summed E-state index contributed by atoms with van der Waals surface area (Å²) in [6.45, 7) is 4.88. The van der Waals surface area contributed by atoms with Gasteiger partial charge in [-0.15, -0.1) is 0 Å². The molecule has 8 nitrogen and oxygen atoms in total. The van der Waals surface area contributed by atoms with Gasteiger partial charge in [-0.1, -0.05) is 18.8 Å². The zero-order valence-corrected chi connectivity index (χ0v) is 18.8. The van der Waals surface area contributed by atoms with E-state index in [0.717, 1.165) is 30.4 Å². The predicted octanol–water partition coefficient (Wildman–Crippen LogP) is 3.77. The van der Waals surface area contributed by atoms with Crippen LogP contribution in [0.4, 0.5) is 5.82 Å². The standard InChI is InChI=1S/C25H26N6O2/c1-3-4-5-7-18-9-10-20(25-27-15-19(14-26)16-28-25)21(12-18)33-23-13-22(29-17(2)30-23)31-11-6-8-24(31)32/h9-10,12-13,15-16H,3-4,6,8,11,14,26H2,1-2H3. The monoisotopic (exact) mass is 442 g/mol. The normalized spacial score (nSPS) is 13.1. The second kappa shape index (κ2) is 10.2. The number of benzene rings is 1. The molecule has 1 saturated heterocycles. The summed E-state index contributed by atoms with van der Waals surface area (Å²) in [4.78, 5) is 31.6. The van der Waals surface area contributed by atoms with Gasteiger partial charge < -0.3 is 10.5 Å². The molecule has 1 fully saturated rings. The smallest absolute Gasteiger partial charge is 0.228 e. The van der Waals surface area contributed by atoms with Gasteiger partial charge in [0.15, 0.2) is 5.82 Å². The van der Waals surface area contributed by atoms with Gasteiger partial charge >= 0.3 is 0 Å². The van der Waals surface area contributed by atoms with E-state index in [1.165, 1.54) is 0 Å². The van der Waals surface area contributed by atoms with Crippen LogP contribution in [-0.4, -0.2) is 32.4 Å². The van der Waals surface area contributed by atoms with Gasteiger partial charge in [-0.05, 0) is 38.0 Å². The van der Waals surface area contributed by atoms with E-state index in [-0.39, 0.29) is 5.91 Å². The highest BCUT2D eigenvalue weighted by Gasteiger charge is 2.24. The van der Waals surface area contributed by atoms with Gasteiger partial charge in [-0.2, -0.15) is 4.98 Å². The third-order valence-electron chi connectivity index (χ3n) is 5.14. The third kappa shape index (κ3) is 5.33. The molecule has 1 amide bonds. The maximum Gasteiger partial charge on any atom is 0.228 e. The Morgan fingerprint density at radius 1 is 1.18 bits per heavy atom. The summed E-state index contributed by atoms with van der Waals surface area (Å²) in [7, 11) is 0. The van der Waals surface area contributed by atoms with Crippen molar-refractivity contribution in [3.05, 3.63) is 53.6 Å². The summed E-state index contributed by atoms with van der Waals surface area (Å²) >= 11 is 0. The molecule has 2 N–H and O–H groups in total. The van der Waals surface area contributed by atoms with Gasteiger partial charge in [0, 0.05) is 55.5 Å². The first-order valence-electron chi connectivity index (χ1n) is 11.1. The van der Waals surface area contributed by atoms with E-state index < -0.39 is 0 Å².